The van der Waals surface area contributed by atoms with Crippen LogP contribution in [0.3, 0.4) is 0 Å². The monoisotopic (exact) mass is 262 g/mol. The van der Waals surface area contributed by atoms with E-state index in [0.29, 0.717) is 5.03 Å². The minimum absolute atomic E-state index is 0.00629. The second-order valence-electron chi connectivity index (χ2n) is 3.23. The molecule has 0 saturated carbocycles. The van der Waals surface area contributed by atoms with Crippen LogP contribution in [0, 0.1) is 11.3 Å². The van der Waals surface area contributed by atoms with Crippen LogP contribution in [0.4, 0.5) is 5.69 Å². The Morgan fingerprint density at radius 3 is 2.61 bits per heavy atom. The molecule has 0 aliphatic carbocycles. The molecular formula is C13H14N2O2S. The third-order valence-corrected chi connectivity index (χ3v) is 2.77. The van der Waals surface area contributed by atoms with E-state index in [1.165, 1.54) is 11.8 Å². The van der Waals surface area contributed by atoms with E-state index in [9.17, 15) is 4.79 Å². The molecule has 1 aromatic rings. The number of hydrogen-bond acceptors (Lipinski definition) is 5. The van der Waals surface area contributed by atoms with Gasteiger partial charge in [0.2, 0.25) is 0 Å². The van der Waals surface area contributed by atoms with Crippen molar-refractivity contribution in [3.8, 4) is 6.07 Å². The quantitative estimate of drug-likeness (QED) is 0.502. The van der Waals surface area contributed by atoms with Gasteiger partial charge in [0.25, 0.3) is 0 Å². The van der Waals surface area contributed by atoms with Gasteiger partial charge >= 0.3 is 5.97 Å². The summed E-state index contributed by atoms with van der Waals surface area (Å²) in [7, 11) is 0. The summed E-state index contributed by atoms with van der Waals surface area (Å²) >= 11 is 1.30. The fourth-order valence-electron chi connectivity index (χ4n) is 1.26. The van der Waals surface area contributed by atoms with Gasteiger partial charge in [0.15, 0.2) is 5.57 Å². The van der Waals surface area contributed by atoms with E-state index >= 15 is 0 Å². The average molecular weight is 262 g/mol. The van der Waals surface area contributed by atoms with Crippen LogP contribution < -0.4 is 5.32 Å². The van der Waals surface area contributed by atoms with E-state index < -0.39 is 5.97 Å². The van der Waals surface area contributed by atoms with E-state index in [0.717, 1.165) is 5.69 Å². The number of nitrogens with one attached hydrogen (secondary N) is 1. The molecule has 0 radical (unpaired) electrons. The van der Waals surface area contributed by atoms with E-state index in [2.05, 4.69) is 5.32 Å². The lowest BCUT2D eigenvalue weighted by Crippen LogP contribution is -2.11. The van der Waals surface area contributed by atoms with Crippen LogP contribution in [0.15, 0.2) is 40.9 Å². The van der Waals surface area contributed by atoms with Crippen LogP contribution in [0.25, 0.3) is 0 Å². The van der Waals surface area contributed by atoms with Crippen molar-refractivity contribution in [2.45, 2.75) is 6.92 Å². The Kier molecular flexibility index (Phi) is 5.81. The number of para-hydroxylation sites is 1. The van der Waals surface area contributed by atoms with E-state index in [-0.39, 0.29) is 12.2 Å². The SMILES string of the molecule is CCOC(=O)/C(C#N)=C(\Nc1ccccc1)SC. The summed E-state index contributed by atoms with van der Waals surface area (Å²) in [6, 6.07) is 11.2. The standard InChI is InChI=1S/C13H14N2O2S/c1-3-17-13(16)11(9-14)12(18-2)15-10-7-5-4-6-8-10/h4-8,15H,3H2,1-2H3/b12-11+. The number of rotatable bonds is 5. The molecule has 18 heavy (non-hydrogen) atoms. The van der Waals surface area contributed by atoms with Crippen molar-refractivity contribution in [2.75, 3.05) is 18.2 Å². The molecule has 1 rings (SSSR count). The highest BCUT2D eigenvalue weighted by Crippen LogP contribution is 2.21. The Hall–Kier alpha value is -1.93. The molecule has 5 heteroatoms. The van der Waals surface area contributed by atoms with Gasteiger partial charge in [-0.3, -0.25) is 0 Å². The summed E-state index contributed by atoms with van der Waals surface area (Å²) in [6.07, 6.45) is 1.79. The van der Waals surface area contributed by atoms with Gasteiger partial charge in [-0.25, -0.2) is 4.79 Å². The van der Waals surface area contributed by atoms with Crippen molar-refractivity contribution in [3.63, 3.8) is 0 Å². The second kappa shape index (κ2) is 7.41. The third-order valence-electron chi connectivity index (χ3n) is 2.05. The molecule has 0 atom stereocenters. The zero-order valence-electron chi connectivity index (χ0n) is 10.3. The Morgan fingerprint density at radius 1 is 1.44 bits per heavy atom. The van der Waals surface area contributed by atoms with Gasteiger partial charge in [0.1, 0.15) is 6.07 Å². The van der Waals surface area contributed by atoms with E-state index in [4.69, 9.17) is 10.00 Å². The number of ether oxygens (including phenoxy) is 1. The first-order chi connectivity index (χ1) is 8.72. The number of carbonyl (C=O) groups is 1. The zero-order valence-corrected chi connectivity index (χ0v) is 11.1. The van der Waals surface area contributed by atoms with E-state index in [1.54, 1.807) is 13.2 Å². The van der Waals surface area contributed by atoms with Crippen LogP contribution in [0.2, 0.25) is 0 Å². The van der Waals surface area contributed by atoms with Gasteiger partial charge in [-0.15, -0.1) is 11.8 Å². The summed E-state index contributed by atoms with van der Waals surface area (Å²) in [5, 5.41) is 12.6. The van der Waals surface area contributed by atoms with E-state index in [1.807, 2.05) is 36.4 Å². The molecule has 0 aromatic heterocycles. The van der Waals surface area contributed by atoms with Crippen LogP contribution in [-0.2, 0) is 9.53 Å². The summed E-state index contributed by atoms with van der Waals surface area (Å²) in [5.74, 6) is -0.604. The molecule has 0 heterocycles. The number of thioether (sulfide) groups is 1. The maximum Gasteiger partial charge on any atom is 0.351 e. The van der Waals surface area contributed by atoms with Crippen LogP contribution >= 0.6 is 11.8 Å². The minimum atomic E-state index is -0.604. The van der Waals surface area contributed by atoms with Crippen LogP contribution in [0.5, 0.6) is 0 Å². The summed E-state index contributed by atoms with van der Waals surface area (Å²) < 4.78 is 4.84. The van der Waals surface area contributed by atoms with Gasteiger partial charge in [-0.1, -0.05) is 18.2 Å². The molecule has 1 N–H and O–H groups in total. The first kappa shape index (κ1) is 14.1. The minimum Gasteiger partial charge on any atom is -0.462 e. The van der Waals surface area contributed by atoms with Crippen molar-refractivity contribution >= 4 is 23.4 Å². The number of carbonyl (C=O) groups excluding carboxylic acids is 1. The van der Waals surface area contributed by atoms with Gasteiger partial charge in [0.05, 0.1) is 11.6 Å². The Balaban J connectivity index is 2.98. The lowest BCUT2D eigenvalue weighted by Gasteiger charge is -2.10. The number of esters is 1. The highest BCUT2D eigenvalue weighted by Gasteiger charge is 2.16. The lowest BCUT2D eigenvalue weighted by atomic mass is 10.3. The molecule has 0 amide bonds. The first-order valence-corrected chi connectivity index (χ1v) is 6.63. The third kappa shape index (κ3) is 3.82. The summed E-state index contributed by atoms with van der Waals surface area (Å²) in [6.45, 7) is 1.95. The first-order valence-electron chi connectivity index (χ1n) is 5.40. The molecule has 0 unspecified atom stereocenters. The normalized spacial score (nSPS) is 11.2. The molecular weight excluding hydrogens is 248 g/mol. The molecule has 4 nitrogen and oxygen atoms in total. The van der Waals surface area contributed by atoms with Crippen LogP contribution in [0.1, 0.15) is 6.92 Å². The van der Waals surface area contributed by atoms with Gasteiger partial charge < -0.3 is 10.1 Å². The highest BCUT2D eigenvalue weighted by atomic mass is 32.2. The molecule has 1 aromatic carbocycles. The fraction of sp³-hybridized carbons (Fsp3) is 0.231. The lowest BCUT2D eigenvalue weighted by molar-refractivity contribution is -0.138. The molecule has 0 spiro atoms. The largest absolute Gasteiger partial charge is 0.462 e. The smallest absolute Gasteiger partial charge is 0.351 e. The predicted molar refractivity (Wildman–Crippen MR) is 72.9 cm³/mol. The van der Waals surface area contributed by atoms with Gasteiger partial charge in [-0.05, 0) is 25.3 Å². The Bertz CT molecular complexity index is 478. The highest BCUT2D eigenvalue weighted by molar-refractivity contribution is 8.02. The van der Waals surface area contributed by atoms with Gasteiger partial charge in [-0.2, -0.15) is 5.26 Å². The van der Waals surface area contributed by atoms with Crippen molar-refractivity contribution < 1.29 is 9.53 Å². The molecule has 0 saturated heterocycles. The number of anilines is 1. The van der Waals surface area contributed by atoms with Crippen molar-refractivity contribution in [1.29, 1.82) is 5.26 Å². The maximum atomic E-state index is 11.6. The molecule has 0 aliphatic heterocycles. The van der Waals surface area contributed by atoms with Crippen LogP contribution in [-0.4, -0.2) is 18.8 Å². The fourth-order valence-corrected chi connectivity index (χ4v) is 1.81. The molecule has 0 bridgehead atoms. The Labute approximate surface area is 111 Å². The molecule has 94 valence electrons. The number of benzene rings is 1. The number of hydrogen-bond donors (Lipinski definition) is 1. The summed E-state index contributed by atoms with van der Waals surface area (Å²) in [4.78, 5) is 11.6. The average Bonchev–Trinajstić information content (AvgIpc) is 2.40. The Morgan fingerprint density at radius 2 is 2.11 bits per heavy atom. The van der Waals surface area contributed by atoms with Crippen molar-refractivity contribution in [2.24, 2.45) is 0 Å². The number of nitriles is 1. The molecule has 0 fully saturated rings. The second-order valence-corrected chi connectivity index (χ2v) is 4.05. The maximum absolute atomic E-state index is 11.6. The predicted octanol–water partition coefficient (Wildman–Crippen LogP) is 2.76. The van der Waals surface area contributed by atoms with Crippen molar-refractivity contribution in [3.05, 3.63) is 40.9 Å². The van der Waals surface area contributed by atoms with Crippen molar-refractivity contribution in [1.82, 2.24) is 0 Å². The molecule has 0 aliphatic rings. The zero-order chi connectivity index (χ0) is 13.4. The van der Waals surface area contributed by atoms with Gasteiger partial charge in [0, 0.05) is 5.69 Å². The number of nitrogens with zero attached hydrogens (tertiary/aromatic N) is 1. The topological polar surface area (TPSA) is 62.1 Å². The summed E-state index contributed by atoms with van der Waals surface area (Å²) in [5.41, 5.74) is 0.812.